The van der Waals surface area contributed by atoms with Crippen molar-refractivity contribution in [1.82, 2.24) is 0 Å². The van der Waals surface area contributed by atoms with Crippen LogP contribution in [0.1, 0.15) is 6.42 Å². The summed E-state index contributed by atoms with van der Waals surface area (Å²) in [6.45, 7) is 0. The van der Waals surface area contributed by atoms with Crippen molar-refractivity contribution in [2.75, 3.05) is 0 Å². The molecule has 1 aliphatic carbocycles. The van der Waals surface area contributed by atoms with Crippen molar-refractivity contribution >= 4 is 32.5 Å². The molecule has 0 radical (unpaired) electrons. The maximum atomic E-state index is 4.03. The predicted octanol–water partition coefficient (Wildman–Crippen LogP) is 1.18. The second-order valence-electron chi connectivity index (χ2n) is 4.63. The molecular formula is C11H17Fe. The quantitative estimate of drug-likeness (QED) is 0.564. The second kappa shape index (κ2) is 1.17. The maximum absolute atomic E-state index is 4.23. The van der Waals surface area contributed by atoms with Crippen LogP contribution in [0.15, 0.2) is 22.7 Å². The van der Waals surface area contributed by atoms with Crippen LogP contribution < -0.4 is 0 Å². The Bertz CT molecular complexity index is 782. The Kier molecular flexibility index (Phi) is 0.909. The van der Waals surface area contributed by atoms with Gasteiger partial charge in [0.15, 0.2) is 0 Å². The molecule has 1 aliphatic rings. The molecule has 0 amide bonds. The van der Waals surface area contributed by atoms with Crippen molar-refractivity contribution in [3.63, 3.8) is 0 Å². The molecule has 1 heteroatoms. The third kappa shape index (κ3) is 1.88. The van der Waals surface area contributed by atoms with Crippen LogP contribution >= 0.6 is 0 Å². The third-order valence-electron chi connectivity index (χ3n) is 1.68. The van der Waals surface area contributed by atoms with Gasteiger partial charge in [0.1, 0.15) is 0 Å². The first-order chi connectivity index (χ1) is 4.80. The second-order valence-corrected chi connectivity index (χ2v) is 16.0. The van der Waals surface area contributed by atoms with E-state index in [9.17, 15) is 0 Å². The van der Waals surface area contributed by atoms with Gasteiger partial charge in [-0.1, -0.05) is 0 Å². The summed E-state index contributed by atoms with van der Waals surface area (Å²) in [6, 6.07) is 0. The van der Waals surface area contributed by atoms with Crippen molar-refractivity contribution in [1.29, 1.82) is 0 Å². The SMILES string of the molecule is [CH2]=[Fe](=[CH2])(=[CH2])(=[CH2])(=[CH2])(=[CH2])[C]1=CC=CC1. The average Bonchev–Trinajstić information content (AvgIpc) is 1.99. The Morgan fingerprint density at radius 3 is 1.67 bits per heavy atom. The summed E-state index contributed by atoms with van der Waals surface area (Å²) in [5, 5.41) is 0. The minimum absolute atomic E-state index is 0.779. The zero-order valence-corrected chi connectivity index (χ0v) is 8.64. The molecule has 0 nitrogen and oxygen atoms in total. The van der Waals surface area contributed by atoms with Gasteiger partial charge in [-0.05, 0) is 0 Å². The van der Waals surface area contributed by atoms with Crippen LogP contribution in [0.3, 0.4) is 0 Å². The van der Waals surface area contributed by atoms with Crippen molar-refractivity contribution in [3.05, 3.63) is 22.7 Å². The Morgan fingerprint density at radius 1 is 1.00 bits per heavy atom. The molecule has 0 N–H and O–H groups in total. The molecule has 0 unspecified atom stereocenters. The van der Waals surface area contributed by atoms with Gasteiger partial charge in [-0.15, -0.1) is 0 Å². The first kappa shape index (κ1) is 9.31. The molecule has 0 fully saturated rings. The topological polar surface area (TPSA) is 0 Å². The van der Waals surface area contributed by atoms with Crippen molar-refractivity contribution < 1.29 is 7.05 Å². The molecule has 0 aromatic heterocycles. The Balaban J connectivity index is 4.22. The molecule has 0 atom stereocenters. The van der Waals surface area contributed by atoms with E-state index in [1.54, 1.807) is 0 Å². The molecule has 0 bridgehead atoms. The number of hydrogen-bond donors (Lipinski definition) is 0. The number of rotatable bonds is 1. The van der Waals surface area contributed by atoms with Gasteiger partial charge in [0.25, 0.3) is 0 Å². The van der Waals surface area contributed by atoms with Gasteiger partial charge in [-0.2, -0.15) is 0 Å². The van der Waals surface area contributed by atoms with Crippen LogP contribution in [0.25, 0.3) is 0 Å². The average molecular weight is 205 g/mol. The van der Waals surface area contributed by atoms with Gasteiger partial charge in [-0.25, -0.2) is 0 Å². The van der Waals surface area contributed by atoms with Crippen molar-refractivity contribution in [3.8, 4) is 0 Å². The summed E-state index contributed by atoms with van der Waals surface area (Å²) < 4.78 is 0.972. The zero-order valence-electron chi connectivity index (χ0n) is 7.54. The third-order valence-corrected chi connectivity index (χ3v) is 5.10. The fraction of sp³-hybridized carbons (Fsp3) is 0.0909. The van der Waals surface area contributed by atoms with Crippen LogP contribution in [0.5, 0.6) is 0 Å². The van der Waals surface area contributed by atoms with E-state index in [2.05, 4.69) is 32.5 Å². The zero-order chi connectivity index (χ0) is 9.78. The summed E-state index contributed by atoms with van der Waals surface area (Å²) in [6.07, 6.45) is 6.69. The Labute approximate surface area is 69.0 Å². The summed E-state index contributed by atoms with van der Waals surface area (Å²) in [7, 11) is -4.23. The fourth-order valence-electron chi connectivity index (χ4n) is 0.972. The summed E-state index contributed by atoms with van der Waals surface area (Å²) in [4.78, 5) is 0. The molecule has 0 saturated heterocycles. The summed E-state index contributed by atoms with van der Waals surface area (Å²) in [5.74, 6) is 0. The van der Waals surface area contributed by atoms with Gasteiger partial charge >= 0.3 is 68.7 Å². The van der Waals surface area contributed by atoms with Crippen LogP contribution in [-0.2, 0) is 7.05 Å². The molecule has 0 aromatic carbocycles. The van der Waals surface area contributed by atoms with Crippen molar-refractivity contribution in [2.24, 2.45) is 0 Å². The molecule has 0 aromatic rings. The van der Waals surface area contributed by atoms with Gasteiger partial charge in [0, 0.05) is 0 Å². The predicted molar refractivity (Wildman–Crippen MR) is 64.6 cm³/mol. The van der Waals surface area contributed by atoms with Crippen molar-refractivity contribution in [2.45, 2.75) is 6.42 Å². The summed E-state index contributed by atoms with van der Waals surface area (Å²) >= 11 is 0. The normalized spacial score (nSPS) is 26.3. The first-order valence-electron chi connectivity index (χ1n) is 3.39. The van der Waals surface area contributed by atoms with E-state index in [0.29, 0.717) is 0 Å². The van der Waals surface area contributed by atoms with Crippen LogP contribution in [0, 0.1) is 0 Å². The van der Waals surface area contributed by atoms with Gasteiger partial charge in [0.05, 0.1) is 0 Å². The van der Waals surface area contributed by atoms with E-state index in [1.165, 1.54) is 0 Å². The van der Waals surface area contributed by atoms with Gasteiger partial charge in [-0.3, -0.25) is 0 Å². The van der Waals surface area contributed by atoms with Gasteiger partial charge in [0.2, 0.25) is 0 Å². The van der Waals surface area contributed by atoms with E-state index >= 15 is 0 Å². The molecule has 12 heavy (non-hydrogen) atoms. The fourth-order valence-corrected chi connectivity index (χ4v) is 2.95. The number of allylic oxidation sites excluding steroid dienone is 4. The minimum atomic E-state index is -4.23. The Hall–Kier alpha value is -0.781. The molecule has 0 heterocycles. The molecule has 69 valence electrons. The first-order valence-corrected chi connectivity index (χ1v) is 8.63. The summed E-state index contributed by atoms with van der Waals surface area (Å²) in [5.41, 5.74) is 24.2. The van der Waals surface area contributed by atoms with E-state index in [4.69, 9.17) is 0 Å². The molecule has 0 aliphatic heterocycles. The molecule has 1 rings (SSSR count). The van der Waals surface area contributed by atoms with E-state index in [0.717, 1.165) is 10.9 Å². The van der Waals surface area contributed by atoms with E-state index < -0.39 is 7.05 Å². The monoisotopic (exact) mass is 205 g/mol. The van der Waals surface area contributed by atoms with Crippen LogP contribution in [0.4, 0.5) is 0 Å². The standard InChI is InChI=1S/C5H5.6CH2.Fe/c1-2-4-5-3-1;;;;;;;/h1-3H,4H2;6*1H2;. The Morgan fingerprint density at radius 2 is 1.50 bits per heavy atom. The van der Waals surface area contributed by atoms with Crippen LogP contribution in [-0.4, -0.2) is 32.5 Å². The van der Waals surface area contributed by atoms with Crippen LogP contribution in [0.2, 0.25) is 0 Å². The van der Waals surface area contributed by atoms with Gasteiger partial charge < -0.3 is 0 Å². The van der Waals surface area contributed by atoms with E-state index in [1.807, 2.05) is 18.2 Å². The molecular weight excluding hydrogens is 188 g/mol. The molecule has 0 spiro atoms. The molecule has 0 saturated carbocycles. The van der Waals surface area contributed by atoms with E-state index in [-0.39, 0.29) is 0 Å². The number of hydrogen-bond acceptors (Lipinski definition) is 0.